The van der Waals surface area contributed by atoms with Crippen LogP contribution < -0.4 is 5.32 Å². The number of hydrogen-bond acceptors (Lipinski definition) is 1. The minimum atomic E-state index is -0.252. The Hall–Kier alpha value is -0.530. The third-order valence-corrected chi connectivity index (χ3v) is 2.67. The summed E-state index contributed by atoms with van der Waals surface area (Å²) < 4.78 is 0. The molecule has 2 nitrogen and oxygen atoms in total. The van der Waals surface area contributed by atoms with Gasteiger partial charge in [-0.1, -0.05) is 60.3 Å². The zero-order chi connectivity index (χ0) is 12.6. The Morgan fingerprint density at radius 2 is 1.62 bits per heavy atom. The molecule has 0 aliphatic carbocycles. The predicted octanol–water partition coefficient (Wildman–Crippen LogP) is 3.76. The summed E-state index contributed by atoms with van der Waals surface area (Å²) in [7, 11) is 0. The van der Waals surface area contributed by atoms with E-state index in [2.05, 4.69) is 19.2 Å². The Morgan fingerprint density at radius 3 is 2.12 bits per heavy atom. The van der Waals surface area contributed by atoms with E-state index in [1.54, 1.807) is 0 Å². The number of hydrogen-bond donors (Lipinski definition) is 1. The van der Waals surface area contributed by atoms with Gasteiger partial charge in [-0.05, 0) is 12.3 Å². The van der Waals surface area contributed by atoms with Crippen molar-refractivity contribution in [2.24, 2.45) is 11.3 Å². The number of unbranched alkanes of at least 4 members (excludes halogenated alkanes) is 3. The first-order chi connectivity index (χ1) is 7.34. The van der Waals surface area contributed by atoms with E-state index in [4.69, 9.17) is 0 Å². The van der Waals surface area contributed by atoms with E-state index in [1.165, 1.54) is 25.7 Å². The lowest BCUT2D eigenvalue weighted by molar-refractivity contribution is -0.128. The van der Waals surface area contributed by atoms with Crippen LogP contribution in [0.5, 0.6) is 0 Å². The summed E-state index contributed by atoms with van der Waals surface area (Å²) in [6, 6.07) is 0. The molecule has 0 atom stereocenters. The molecule has 0 spiro atoms. The highest BCUT2D eigenvalue weighted by Gasteiger charge is 2.19. The molecular weight excluding hydrogens is 198 g/mol. The molecular formula is C14H29NO. The normalized spacial score (nSPS) is 11.9. The van der Waals surface area contributed by atoms with Gasteiger partial charge in [0.05, 0.1) is 0 Å². The summed E-state index contributed by atoms with van der Waals surface area (Å²) in [6.07, 6.45) is 6.29. The maximum Gasteiger partial charge on any atom is 0.225 e. The highest BCUT2D eigenvalue weighted by Crippen LogP contribution is 2.12. The second kappa shape index (κ2) is 7.70. The number of carbonyl (C=O) groups is 1. The maximum absolute atomic E-state index is 11.5. The average molecular weight is 227 g/mol. The van der Waals surface area contributed by atoms with Gasteiger partial charge in [0.1, 0.15) is 0 Å². The molecule has 0 saturated carbocycles. The van der Waals surface area contributed by atoms with E-state index in [-0.39, 0.29) is 11.3 Å². The summed E-state index contributed by atoms with van der Waals surface area (Å²) in [6.45, 7) is 11.2. The molecule has 0 aliphatic rings. The zero-order valence-corrected chi connectivity index (χ0v) is 11.7. The number of amides is 1. The predicted molar refractivity (Wildman–Crippen MR) is 70.4 cm³/mol. The molecule has 0 aromatic rings. The molecule has 0 fully saturated rings. The fourth-order valence-corrected chi connectivity index (χ4v) is 1.50. The minimum absolute atomic E-state index is 0.162. The second-order valence-electron chi connectivity index (χ2n) is 6.10. The molecule has 0 bridgehead atoms. The van der Waals surface area contributed by atoms with Crippen molar-refractivity contribution < 1.29 is 4.79 Å². The van der Waals surface area contributed by atoms with E-state index in [0.29, 0.717) is 0 Å². The number of nitrogens with one attached hydrogen (secondary N) is 1. The van der Waals surface area contributed by atoms with Gasteiger partial charge in [-0.25, -0.2) is 0 Å². The van der Waals surface area contributed by atoms with Crippen molar-refractivity contribution >= 4 is 5.91 Å². The second-order valence-corrected chi connectivity index (χ2v) is 6.10. The third-order valence-electron chi connectivity index (χ3n) is 2.67. The monoisotopic (exact) mass is 227 g/mol. The fourth-order valence-electron chi connectivity index (χ4n) is 1.50. The Morgan fingerprint density at radius 1 is 1.06 bits per heavy atom. The lowest BCUT2D eigenvalue weighted by Gasteiger charge is -2.17. The van der Waals surface area contributed by atoms with Crippen molar-refractivity contribution in [2.75, 3.05) is 6.54 Å². The van der Waals surface area contributed by atoms with Gasteiger partial charge >= 0.3 is 0 Å². The topological polar surface area (TPSA) is 29.1 Å². The van der Waals surface area contributed by atoms with Gasteiger partial charge in [-0.2, -0.15) is 0 Å². The Kier molecular flexibility index (Phi) is 7.44. The molecule has 0 aliphatic heterocycles. The van der Waals surface area contributed by atoms with Gasteiger partial charge in [0.15, 0.2) is 0 Å². The van der Waals surface area contributed by atoms with E-state index in [1.807, 2.05) is 20.8 Å². The quantitative estimate of drug-likeness (QED) is 0.659. The zero-order valence-electron chi connectivity index (χ0n) is 11.7. The van der Waals surface area contributed by atoms with Gasteiger partial charge in [0.25, 0.3) is 0 Å². The molecule has 1 amide bonds. The van der Waals surface area contributed by atoms with Crippen molar-refractivity contribution in [1.82, 2.24) is 5.32 Å². The molecule has 0 saturated heterocycles. The van der Waals surface area contributed by atoms with E-state index < -0.39 is 0 Å². The highest BCUT2D eigenvalue weighted by molar-refractivity contribution is 5.81. The van der Waals surface area contributed by atoms with Crippen LogP contribution in [0, 0.1) is 11.3 Å². The summed E-state index contributed by atoms with van der Waals surface area (Å²) in [5, 5.41) is 2.98. The third kappa shape index (κ3) is 8.75. The van der Waals surface area contributed by atoms with Crippen molar-refractivity contribution in [1.29, 1.82) is 0 Å². The van der Waals surface area contributed by atoms with Gasteiger partial charge < -0.3 is 5.32 Å². The largest absolute Gasteiger partial charge is 0.356 e. The average Bonchev–Trinajstić information content (AvgIpc) is 2.14. The molecule has 0 aromatic heterocycles. The number of carbonyl (C=O) groups excluding carboxylic acids is 1. The van der Waals surface area contributed by atoms with Crippen LogP contribution in [0.4, 0.5) is 0 Å². The van der Waals surface area contributed by atoms with E-state index in [9.17, 15) is 4.79 Å². The Balaban J connectivity index is 3.31. The van der Waals surface area contributed by atoms with Crippen LogP contribution in [0.15, 0.2) is 0 Å². The summed E-state index contributed by atoms with van der Waals surface area (Å²) in [5.41, 5.74) is -0.252. The standard InChI is InChI=1S/C14H29NO/c1-12(2)10-8-6-7-9-11-15-13(16)14(3,4)5/h12H,6-11H2,1-5H3,(H,15,16). The van der Waals surface area contributed by atoms with Crippen LogP contribution in [0.2, 0.25) is 0 Å². The molecule has 96 valence electrons. The molecule has 0 rings (SSSR count). The minimum Gasteiger partial charge on any atom is -0.356 e. The van der Waals surface area contributed by atoms with Crippen LogP contribution in [-0.2, 0) is 4.79 Å². The van der Waals surface area contributed by atoms with Crippen LogP contribution >= 0.6 is 0 Å². The fraction of sp³-hybridized carbons (Fsp3) is 0.929. The summed E-state index contributed by atoms with van der Waals surface area (Å²) in [5.74, 6) is 0.982. The van der Waals surface area contributed by atoms with Crippen molar-refractivity contribution in [3.05, 3.63) is 0 Å². The van der Waals surface area contributed by atoms with Crippen LogP contribution in [0.1, 0.15) is 66.7 Å². The first kappa shape index (κ1) is 15.5. The lowest BCUT2D eigenvalue weighted by atomic mass is 9.95. The maximum atomic E-state index is 11.5. The Bertz CT molecular complexity index is 191. The smallest absolute Gasteiger partial charge is 0.225 e. The van der Waals surface area contributed by atoms with Crippen LogP contribution in [-0.4, -0.2) is 12.5 Å². The van der Waals surface area contributed by atoms with Gasteiger partial charge in [-0.3, -0.25) is 4.79 Å². The van der Waals surface area contributed by atoms with Gasteiger partial charge in [-0.15, -0.1) is 0 Å². The SMILES string of the molecule is CC(C)CCCCCCNC(=O)C(C)(C)C. The lowest BCUT2D eigenvalue weighted by Crippen LogP contribution is -2.35. The summed E-state index contributed by atoms with van der Waals surface area (Å²) >= 11 is 0. The molecule has 16 heavy (non-hydrogen) atoms. The van der Waals surface area contributed by atoms with Crippen LogP contribution in [0.25, 0.3) is 0 Å². The first-order valence-corrected chi connectivity index (χ1v) is 6.62. The highest BCUT2D eigenvalue weighted by atomic mass is 16.2. The van der Waals surface area contributed by atoms with Gasteiger partial charge in [0, 0.05) is 12.0 Å². The number of rotatable bonds is 7. The van der Waals surface area contributed by atoms with E-state index in [0.717, 1.165) is 18.9 Å². The molecule has 0 radical (unpaired) electrons. The first-order valence-electron chi connectivity index (χ1n) is 6.62. The molecule has 2 heteroatoms. The van der Waals surface area contributed by atoms with Crippen molar-refractivity contribution in [3.63, 3.8) is 0 Å². The molecule has 0 aromatic carbocycles. The molecule has 0 heterocycles. The molecule has 1 N–H and O–H groups in total. The van der Waals surface area contributed by atoms with Crippen molar-refractivity contribution in [3.8, 4) is 0 Å². The summed E-state index contributed by atoms with van der Waals surface area (Å²) in [4.78, 5) is 11.5. The molecule has 0 unspecified atom stereocenters. The van der Waals surface area contributed by atoms with Crippen LogP contribution in [0.3, 0.4) is 0 Å². The van der Waals surface area contributed by atoms with Gasteiger partial charge in [0.2, 0.25) is 5.91 Å². The van der Waals surface area contributed by atoms with Crippen molar-refractivity contribution in [2.45, 2.75) is 66.7 Å². The van der Waals surface area contributed by atoms with E-state index >= 15 is 0 Å². The Labute approximate surface area is 101 Å².